The minimum absolute atomic E-state index is 0.754. The van der Waals surface area contributed by atoms with Gasteiger partial charge in [0.25, 0.3) is 0 Å². The molecule has 0 N–H and O–H groups in total. The third-order valence-corrected chi connectivity index (χ3v) is 3.37. The summed E-state index contributed by atoms with van der Waals surface area (Å²) in [6.45, 7) is 5.42. The smallest absolute Gasteiger partial charge is 0.166 e. The highest BCUT2D eigenvalue weighted by Crippen LogP contribution is 2.10. The maximum Gasteiger partial charge on any atom is 0.166 e. The number of carbonyl (C=O) groups is 1. The van der Waals surface area contributed by atoms with E-state index in [0.29, 0.717) is 0 Å². The molecule has 1 fully saturated rings. The minimum atomic E-state index is 0.754. The molecule has 4 heteroatoms. The van der Waals surface area contributed by atoms with E-state index in [4.69, 9.17) is 0 Å². The lowest BCUT2D eigenvalue weighted by Gasteiger charge is -2.32. The lowest BCUT2D eigenvalue weighted by molar-refractivity contribution is 0.111. The Labute approximate surface area is 96.4 Å². The molecule has 0 aromatic carbocycles. The number of likely N-dealkylation sites (N-methyl/N-ethyl adjacent to an activating group) is 1. The van der Waals surface area contributed by atoms with E-state index in [-0.39, 0.29) is 0 Å². The number of rotatable bonds is 3. The molecule has 0 unspecified atom stereocenters. The van der Waals surface area contributed by atoms with Gasteiger partial charge in [-0.15, -0.1) is 0 Å². The second-order valence-electron chi connectivity index (χ2n) is 4.51. The van der Waals surface area contributed by atoms with Gasteiger partial charge in [-0.25, -0.2) is 0 Å². The molecule has 0 saturated carbocycles. The highest BCUT2D eigenvalue weighted by Gasteiger charge is 2.15. The van der Waals surface area contributed by atoms with Crippen molar-refractivity contribution in [1.29, 1.82) is 0 Å². The molecule has 1 aliphatic heterocycles. The fourth-order valence-electron chi connectivity index (χ4n) is 2.08. The second kappa shape index (κ2) is 4.80. The standard InChI is InChI=1S/C12H19N3O/c1-13-5-7-15(8-6-13)9-11-3-4-12(10-16)14(11)2/h3-4,10H,5-9H2,1-2H3. The minimum Gasteiger partial charge on any atom is -0.344 e. The Bertz CT molecular complexity index is 364. The summed E-state index contributed by atoms with van der Waals surface area (Å²) in [4.78, 5) is 15.5. The SMILES string of the molecule is CN1CCN(Cc2ccc(C=O)n2C)CC1. The van der Waals surface area contributed by atoms with E-state index in [1.165, 1.54) is 5.69 Å². The van der Waals surface area contributed by atoms with Gasteiger partial charge in [0.1, 0.15) is 0 Å². The molecule has 0 amide bonds. The lowest BCUT2D eigenvalue weighted by Crippen LogP contribution is -2.44. The van der Waals surface area contributed by atoms with E-state index in [0.717, 1.165) is 44.7 Å². The Morgan fingerprint density at radius 3 is 2.44 bits per heavy atom. The molecule has 0 radical (unpaired) electrons. The fourth-order valence-corrected chi connectivity index (χ4v) is 2.08. The predicted octanol–water partition coefficient (Wildman–Crippen LogP) is 0.585. The monoisotopic (exact) mass is 221 g/mol. The summed E-state index contributed by atoms with van der Waals surface area (Å²) in [5.74, 6) is 0. The van der Waals surface area contributed by atoms with Crippen molar-refractivity contribution in [1.82, 2.24) is 14.4 Å². The fraction of sp³-hybridized carbons (Fsp3) is 0.583. The van der Waals surface area contributed by atoms with Crippen molar-refractivity contribution in [3.63, 3.8) is 0 Å². The van der Waals surface area contributed by atoms with Crippen molar-refractivity contribution in [3.8, 4) is 0 Å². The van der Waals surface area contributed by atoms with E-state index in [9.17, 15) is 4.79 Å². The summed E-state index contributed by atoms with van der Waals surface area (Å²) in [5.41, 5.74) is 1.97. The molecular weight excluding hydrogens is 202 g/mol. The van der Waals surface area contributed by atoms with Crippen molar-refractivity contribution in [2.45, 2.75) is 6.54 Å². The second-order valence-corrected chi connectivity index (χ2v) is 4.51. The summed E-state index contributed by atoms with van der Waals surface area (Å²) in [6.07, 6.45) is 0.910. The Kier molecular flexibility index (Phi) is 3.41. The molecule has 16 heavy (non-hydrogen) atoms. The maximum atomic E-state index is 10.7. The van der Waals surface area contributed by atoms with Gasteiger partial charge in [0, 0.05) is 45.5 Å². The van der Waals surface area contributed by atoms with Gasteiger partial charge in [-0.3, -0.25) is 9.69 Å². The van der Waals surface area contributed by atoms with Crippen LogP contribution in [0.25, 0.3) is 0 Å². The highest BCUT2D eigenvalue weighted by molar-refractivity contribution is 5.72. The van der Waals surface area contributed by atoms with Crippen LogP contribution in [0.15, 0.2) is 12.1 Å². The molecule has 1 saturated heterocycles. The number of carbonyl (C=O) groups excluding carboxylic acids is 1. The molecule has 88 valence electrons. The van der Waals surface area contributed by atoms with Gasteiger partial charge < -0.3 is 9.47 Å². The molecular formula is C12H19N3O. The van der Waals surface area contributed by atoms with Crippen molar-refractivity contribution in [2.24, 2.45) is 7.05 Å². The molecule has 1 aromatic rings. The molecule has 0 bridgehead atoms. The molecule has 4 nitrogen and oxygen atoms in total. The van der Waals surface area contributed by atoms with Crippen LogP contribution < -0.4 is 0 Å². The first-order chi connectivity index (χ1) is 7.70. The number of hydrogen-bond donors (Lipinski definition) is 0. The van der Waals surface area contributed by atoms with Crippen LogP contribution in [0.2, 0.25) is 0 Å². The van der Waals surface area contributed by atoms with Gasteiger partial charge in [0.15, 0.2) is 6.29 Å². The van der Waals surface area contributed by atoms with E-state index >= 15 is 0 Å². The van der Waals surface area contributed by atoms with Crippen LogP contribution in [0.5, 0.6) is 0 Å². The summed E-state index contributed by atoms with van der Waals surface area (Å²) in [7, 11) is 4.11. The topological polar surface area (TPSA) is 28.5 Å². The number of aromatic nitrogens is 1. The summed E-state index contributed by atoms with van der Waals surface area (Å²) >= 11 is 0. The normalized spacial score (nSPS) is 18.9. The first kappa shape index (κ1) is 11.4. The average molecular weight is 221 g/mol. The Balaban J connectivity index is 1.98. The highest BCUT2D eigenvalue weighted by atomic mass is 16.1. The summed E-state index contributed by atoms with van der Waals surface area (Å²) in [5, 5.41) is 0. The number of hydrogen-bond acceptors (Lipinski definition) is 3. The Hall–Kier alpha value is -1.13. The third-order valence-electron chi connectivity index (χ3n) is 3.37. The Morgan fingerprint density at radius 1 is 1.19 bits per heavy atom. The van der Waals surface area contributed by atoms with Crippen molar-refractivity contribution >= 4 is 6.29 Å². The van der Waals surface area contributed by atoms with Gasteiger partial charge in [0.2, 0.25) is 0 Å². The first-order valence-electron chi connectivity index (χ1n) is 5.71. The molecule has 0 spiro atoms. The molecule has 1 aromatic heterocycles. The molecule has 1 aliphatic rings. The Morgan fingerprint density at radius 2 is 1.88 bits per heavy atom. The number of nitrogens with zero attached hydrogens (tertiary/aromatic N) is 3. The third kappa shape index (κ3) is 2.33. The first-order valence-corrected chi connectivity index (χ1v) is 5.71. The van der Waals surface area contributed by atoms with E-state index in [2.05, 4.69) is 16.8 Å². The van der Waals surface area contributed by atoms with Crippen LogP contribution >= 0.6 is 0 Å². The van der Waals surface area contributed by atoms with Crippen LogP contribution in [0.4, 0.5) is 0 Å². The molecule has 2 heterocycles. The molecule has 0 atom stereocenters. The zero-order valence-corrected chi connectivity index (χ0v) is 10.0. The van der Waals surface area contributed by atoms with Gasteiger partial charge in [-0.05, 0) is 19.2 Å². The van der Waals surface area contributed by atoms with Crippen LogP contribution in [0, 0.1) is 0 Å². The van der Waals surface area contributed by atoms with E-state index in [1.54, 1.807) is 0 Å². The predicted molar refractivity (Wildman–Crippen MR) is 63.6 cm³/mol. The van der Waals surface area contributed by atoms with Crippen LogP contribution in [-0.2, 0) is 13.6 Å². The van der Waals surface area contributed by atoms with Gasteiger partial charge in [-0.2, -0.15) is 0 Å². The maximum absolute atomic E-state index is 10.7. The zero-order valence-electron chi connectivity index (χ0n) is 10.0. The largest absolute Gasteiger partial charge is 0.344 e. The summed E-state index contributed by atoms with van der Waals surface area (Å²) < 4.78 is 1.98. The van der Waals surface area contributed by atoms with E-state index in [1.807, 2.05) is 23.7 Å². The number of aldehydes is 1. The zero-order chi connectivity index (χ0) is 11.5. The molecule has 0 aliphatic carbocycles. The number of piperazine rings is 1. The average Bonchev–Trinajstić information content (AvgIpc) is 2.63. The lowest BCUT2D eigenvalue weighted by atomic mass is 10.3. The van der Waals surface area contributed by atoms with Crippen LogP contribution in [0.1, 0.15) is 16.2 Å². The van der Waals surface area contributed by atoms with Crippen molar-refractivity contribution in [3.05, 3.63) is 23.5 Å². The quantitative estimate of drug-likeness (QED) is 0.699. The van der Waals surface area contributed by atoms with Gasteiger partial charge in [-0.1, -0.05) is 0 Å². The van der Waals surface area contributed by atoms with E-state index < -0.39 is 0 Å². The van der Waals surface area contributed by atoms with Crippen LogP contribution in [-0.4, -0.2) is 53.9 Å². The van der Waals surface area contributed by atoms with Crippen molar-refractivity contribution < 1.29 is 4.79 Å². The van der Waals surface area contributed by atoms with Crippen LogP contribution in [0.3, 0.4) is 0 Å². The summed E-state index contributed by atoms with van der Waals surface area (Å²) in [6, 6.07) is 3.93. The van der Waals surface area contributed by atoms with Crippen molar-refractivity contribution in [2.75, 3.05) is 33.2 Å². The van der Waals surface area contributed by atoms with Gasteiger partial charge >= 0.3 is 0 Å². The molecule has 2 rings (SSSR count). The van der Waals surface area contributed by atoms with Gasteiger partial charge in [0.05, 0.1) is 5.69 Å².